The molecule has 2 N–H and O–H groups in total. The zero-order chi connectivity index (χ0) is 24.2. The molecule has 3 unspecified atom stereocenters. The average molecular weight is 472 g/mol. The molecule has 0 amide bonds. The van der Waals surface area contributed by atoms with Crippen LogP contribution in [0.1, 0.15) is 46.8 Å². The van der Waals surface area contributed by atoms with Gasteiger partial charge in [-0.25, -0.2) is 0 Å². The first kappa shape index (κ1) is 23.4. The van der Waals surface area contributed by atoms with Crippen LogP contribution in [0.4, 0.5) is 0 Å². The molecule has 180 valence electrons. The maximum atomic E-state index is 10.2. The van der Waals surface area contributed by atoms with Gasteiger partial charge in [-0.2, -0.15) is 5.26 Å². The van der Waals surface area contributed by atoms with Crippen molar-refractivity contribution in [2.75, 3.05) is 13.2 Å². The number of benzene rings is 3. The summed E-state index contributed by atoms with van der Waals surface area (Å²) in [5, 5.41) is 29.3. The molecule has 0 aliphatic carbocycles. The lowest BCUT2D eigenvalue weighted by atomic mass is 9.92. The number of ether oxygens (including phenoxy) is 3. The molecule has 0 spiro atoms. The first-order chi connectivity index (χ1) is 17.1. The van der Waals surface area contributed by atoms with Crippen LogP contribution in [-0.4, -0.2) is 41.7 Å². The van der Waals surface area contributed by atoms with Gasteiger partial charge in [0.05, 0.1) is 36.6 Å². The summed E-state index contributed by atoms with van der Waals surface area (Å²) in [5.74, 6) is 1.72. The van der Waals surface area contributed by atoms with Gasteiger partial charge in [-0.3, -0.25) is 0 Å². The molecule has 2 heterocycles. The summed E-state index contributed by atoms with van der Waals surface area (Å²) >= 11 is 0. The van der Waals surface area contributed by atoms with E-state index in [-0.39, 0.29) is 24.9 Å². The minimum atomic E-state index is -0.513. The Morgan fingerprint density at radius 3 is 2.60 bits per heavy atom. The van der Waals surface area contributed by atoms with Crippen molar-refractivity contribution in [3.8, 4) is 17.6 Å². The lowest BCUT2D eigenvalue weighted by Crippen LogP contribution is -2.33. The Hall–Kier alpha value is -3.37. The molecular formula is C29H29NO5. The van der Waals surface area contributed by atoms with Crippen LogP contribution in [0.2, 0.25) is 0 Å². The summed E-state index contributed by atoms with van der Waals surface area (Å²) in [6.45, 7) is 0.363. The van der Waals surface area contributed by atoms with E-state index in [9.17, 15) is 15.5 Å². The van der Waals surface area contributed by atoms with E-state index < -0.39 is 6.10 Å². The molecule has 6 nitrogen and oxygen atoms in total. The molecule has 3 aromatic carbocycles. The summed E-state index contributed by atoms with van der Waals surface area (Å²) in [6.07, 6.45) is 1.18. The normalized spacial score (nSPS) is 23.2. The van der Waals surface area contributed by atoms with Crippen molar-refractivity contribution < 1.29 is 24.4 Å². The van der Waals surface area contributed by atoms with Gasteiger partial charge in [0.15, 0.2) is 0 Å². The van der Waals surface area contributed by atoms with Crippen molar-refractivity contribution in [2.45, 2.75) is 50.1 Å². The molecule has 5 rings (SSSR count). The Balaban J connectivity index is 1.23. The van der Waals surface area contributed by atoms with E-state index >= 15 is 0 Å². The molecule has 2 aliphatic rings. The highest BCUT2D eigenvalue weighted by atomic mass is 16.5. The van der Waals surface area contributed by atoms with Crippen LogP contribution in [0, 0.1) is 11.3 Å². The number of aliphatic hydroxyl groups excluding tert-OH is 2. The van der Waals surface area contributed by atoms with Crippen LogP contribution in [0.25, 0.3) is 0 Å². The summed E-state index contributed by atoms with van der Waals surface area (Å²) in [7, 11) is 0. The highest BCUT2D eigenvalue weighted by molar-refractivity contribution is 5.44. The standard InChI is InChI=1S/C29H29NO5/c30-16-22-8-7-21(29-15-24(32)14-26(17-31)34-29)12-23(22)11-19-5-9-25(10-6-19)33-18-27-13-20-3-1-2-4-28(20)35-27/h1-10,12,24,26-27,29,31-32H,11,13-15,17-18H2/t24?,26?,27?,29-/m1/s1. The van der Waals surface area contributed by atoms with Crippen LogP contribution in [0.15, 0.2) is 66.7 Å². The summed E-state index contributed by atoms with van der Waals surface area (Å²) in [4.78, 5) is 0. The van der Waals surface area contributed by atoms with Gasteiger partial charge in [-0.1, -0.05) is 42.5 Å². The Kier molecular flexibility index (Phi) is 7.01. The second-order valence-corrected chi connectivity index (χ2v) is 9.27. The smallest absolute Gasteiger partial charge is 0.137 e. The van der Waals surface area contributed by atoms with Crippen LogP contribution < -0.4 is 9.47 Å². The van der Waals surface area contributed by atoms with E-state index in [1.807, 2.05) is 54.6 Å². The number of hydrogen-bond donors (Lipinski definition) is 2. The second kappa shape index (κ2) is 10.5. The Bertz CT molecular complexity index is 1180. The quantitative estimate of drug-likeness (QED) is 0.539. The fourth-order valence-corrected chi connectivity index (χ4v) is 4.85. The number of para-hydroxylation sites is 1. The van der Waals surface area contributed by atoms with E-state index in [0.717, 1.165) is 34.6 Å². The fourth-order valence-electron chi connectivity index (χ4n) is 4.85. The number of nitrogens with zero attached hydrogens (tertiary/aromatic N) is 1. The van der Waals surface area contributed by atoms with E-state index in [4.69, 9.17) is 14.2 Å². The third-order valence-corrected chi connectivity index (χ3v) is 6.67. The van der Waals surface area contributed by atoms with Crippen molar-refractivity contribution in [1.29, 1.82) is 5.26 Å². The SMILES string of the molecule is N#Cc1ccc([C@H]2CC(O)CC(CO)O2)cc1Cc1ccc(OCC2Cc3ccccc3O2)cc1. The zero-order valence-electron chi connectivity index (χ0n) is 19.5. The maximum absolute atomic E-state index is 10.2. The fraction of sp³-hybridized carbons (Fsp3) is 0.345. The van der Waals surface area contributed by atoms with E-state index in [1.54, 1.807) is 6.07 Å². The van der Waals surface area contributed by atoms with E-state index in [2.05, 4.69) is 12.1 Å². The van der Waals surface area contributed by atoms with Gasteiger partial charge in [0.2, 0.25) is 0 Å². The summed E-state index contributed by atoms with van der Waals surface area (Å²) in [5.41, 5.74) is 4.70. The first-order valence-corrected chi connectivity index (χ1v) is 12.0. The topological polar surface area (TPSA) is 91.9 Å². The third-order valence-electron chi connectivity index (χ3n) is 6.67. The molecule has 35 heavy (non-hydrogen) atoms. The summed E-state index contributed by atoms with van der Waals surface area (Å²) in [6, 6.07) is 23.9. The summed E-state index contributed by atoms with van der Waals surface area (Å²) < 4.78 is 17.9. The molecule has 6 heteroatoms. The molecule has 4 atom stereocenters. The molecule has 1 saturated heterocycles. The number of aliphatic hydroxyl groups is 2. The van der Waals surface area contributed by atoms with Crippen LogP contribution in [0.5, 0.6) is 11.5 Å². The molecule has 0 aromatic heterocycles. The number of hydrogen-bond acceptors (Lipinski definition) is 6. The molecule has 0 bridgehead atoms. The lowest BCUT2D eigenvalue weighted by molar-refractivity contribution is -0.113. The minimum absolute atomic E-state index is 0.0129. The molecule has 0 radical (unpaired) electrons. The van der Waals surface area contributed by atoms with Crippen molar-refractivity contribution in [3.05, 3.63) is 94.5 Å². The Morgan fingerprint density at radius 1 is 1.00 bits per heavy atom. The second-order valence-electron chi connectivity index (χ2n) is 9.27. The zero-order valence-corrected chi connectivity index (χ0v) is 19.5. The molecular weight excluding hydrogens is 442 g/mol. The predicted molar refractivity (Wildman–Crippen MR) is 130 cm³/mol. The minimum Gasteiger partial charge on any atom is -0.490 e. The van der Waals surface area contributed by atoms with E-state index in [1.165, 1.54) is 5.56 Å². The highest BCUT2D eigenvalue weighted by Gasteiger charge is 2.29. The highest BCUT2D eigenvalue weighted by Crippen LogP contribution is 2.33. The van der Waals surface area contributed by atoms with Gasteiger partial charge < -0.3 is 24.4 Å². The van der Waals surface area contributed by atoms with Crippen LogP contribution >= 0.6 is 0 Å². The lowest BCUT2D eigenvalue weighted by Gasteiger charge is -2.32. The molecule has 3 aromatic rings. The van der Waals surface area contributed by atoms with Gasteiger partial charge in [0.1, 0.15) is 24.2 Å². The number of fused-ring (bicyclic) bond motifs is 1. The van der Waals surface area contributed by atoms with Crippen molar-refractivity contribution in [2.24, 2.45) is 0 Å². The average Bonchev–Trinajstić information content (AvgIpc) is 3.31. The van der Waals surface area contributed by atoms with Gasteiger partial charge in [-0.05, 0) is 52.9 Å². The predicted octanol–water partition coefficient (Wildman–Crippen LogP) is 4.10. The van der Waals surface area contributed by atoms with Gasteiger partial charge in [0, 0.05) is 19.3 Å². The largest absolute Gasteiger partial charge is 0.490 e. The Labute approximate surface area is 205 Å². The Morgan fingerprint density at radius 2 is 1.83 bits per heavy atom. The van der Waals surface area contributed by atoms with Gasteiger partial charge in [-0.15, -0.1) is 0 Å². The molecule has 0 saturated carbocycles. The first-order valence-electron chi connectivity index (χ1n) is 12.0. The third kappa shape index (κ3) is 5.49. The molecule has 1 fully saturated rings. The van der Waals surface area contributed by atoms with Crippen molar-refractivity contribution >= 4 is 0 Å². The monoisotopic (exact) mass is 471 g/mol. The van der Waals surface area contributed by atoms with Crippen LogP contribution in [-0.2, 0) is 17.6 Å². The molecule has 2 aliphatic heterocycles. The van der Waals surface area contributed by atoms with Crippen molar-refractivity contribution in [3.63, 3.8) is 0 Å². The number of rotatable bonds is 7. The maximum Gasteiger partial charge on any atom is 0.137 e. The van der Waals surface area contributed by atoms with Gasteiger partial charge in [0.25, 0.3) is 0 Å². The van der Waals surface area contributed by atoms with Gasteiger partial charge >= 0.3 is 0 Å². The number of nitriles is 1. The van der Waals surface area contributed by atoms with E-state index in [0.29, 0.717) is 31.4 Å². The van der Waals surface area contributed by atoms with Crippen molar-refractivity contribution in [1.82, 2.24) is 0 Å². The van der Waals surface area contributed by atoms with Crippen LogP contribution in [0.3, 0.4) is 0 Å².